The van der Waals surface area contributed by atoms with Crippen molar-refractivity contribution in [1.82, 2.24) is 15.1 Å². The Labute approximate surface area is 117 Å². The normalized spacial score (nSPS) is 12.0. The Hall–Kier alpha value is -2.55. The van der Waals surface area contributed by atoms with Gasteiger partial charge in [0.15, 0.2) is 0 Å². The fourth-order valence-corrected chi connectivity index (χ4v) is 1.59. The van der Waals surface area contributed by atoms with Gasteiger partial charge in [-0.25, -0.2) is 5.84 Å². The lowest BCUT2D eigenvalue weighted by Crippen LogP contribution is -2.24. The van der Waals surface area contributed by atoms with Crippen LogP contribution in [0.15, 0.2) is 41.2 Å². The molecule has 0 bridgehead atoms. The van der Waals surface area contributed by atoms with Gasteiger partial charge in [0.1, 0.15) is 0 Å². The Morgan fingerprint density at radius 1 is 1.24 bits per heavy atom. The molecule has 0 saturated heterocycles. The van der Waals surface area contributed by atoms with E-state index >= 15 is 0 Å². The zero-order valence-electron chi connectivity index (χ0n) is 10.7. The van der Waals surface area contributed by atoms with Gasteiger partial charge < -0.3 is 15.3 Å². The van der Waals surface area contributed by atoms with Crippen molar-refractivity contribution in [2.45, 2.75) is 12.7 Å². The molecule has 0 aliphatic heterocycles. The van der Waals surface area contributed by atoms with Crippen molar-refractivity contribution in [1.29, 1.82) is 0 Å². The second-order valence-electron chi connectivity index (χ2n) is 4.13. The summed E-state index contributed by atoms with van der Waals surface area (Å²) in [6, 6.07) is 6.56. The number of aromatic nitrogens is 2. The van der Waals surface area contributed by atoms with Crippen LogP contribution in [0.1, 0.15) is 11.5 Å². The largest absolute Gasteiger partial charge is 0.471 e. The van der Waals surface area contributed by atoms with Crippen molar-refractivity contribution in [3.05, 3.63) is 48.1 Å². The van der Waals surface area contributed by atoms with Gasteiger partial charge in [0, 0.05) is 18.0 Å². The fraction of sp³-hybridized carbons (Fsp3) is 0.167. The van der Waals surface area contributed by atoms with Crippen molar-refractivity contribution in [3.63, 3.8) is 0 Å². The summed E-state index contributed by atoms with van der Waals surface area (Å²) in [4.78, 5) is 3.31. The first-order chi connectivity index (χ1) is 9.90. The number of nitrogens with two attached hydrogens (primary N) is 2. The van der Waals surface area contributed by atoms with Gasteiger partial charge in [0.25, 0.3) is 0 Å². The Balaban J connectivity index is 2.14. The number of hydrogen-bond acceptors (Lipinski definition) is 6. The molecule has 21 heavy (non-hydrogen) atoms. The van der Waals surface area contributed by atoms with E-state index in [9.17, 15) is 13.2 Å². The molecule has 0 saturated carbocycles. The third-order valence-corrected chi connectivity index (χ3v) is 2.52. The van der Waals surface area contributed by atoms with E-state index in [1.165, 1.54) is 17.4 Å². The molecule has 1 heterocycles. The van der Waals surface area contributed by atoms with Gasteiger partial charge in [-0.2, -0.15) is 18.2 Å². The molecule has 1 aromatic carbocycles. The van der Waals surface area contributed by atoms with E-state index in [-0.39, 0.29) is 5.82 Å². The average molecular weight is 299 g/mol. The van der Waals surface area contributed by atoms with Crippen LogP contribution < -0.4 is 11.6 Å². The SMILES string of the molecule is N/C=C\N(N)Cc1ccc(-c2noc(C(F)(F)F)n2)cc1. The van der Waals surface area contributed by atoms with E-state index < -0.39 is 12.1 Å². The van der Waals surface area contributed by atoms with Crippen LogP contribution in [0, 0.1) is 0 Å². The molecule has 0 aliphatic rings. The van der Waals surface area contributed by atoms with Gasteiger partial charge in [0.2, 0.25) is 5.82 Å². The van der Waals surface area contributed by atoms with Gasteiger partial charge in [-0.05, 0) is 5.56 Å². The molecule has 2 aromatic rings. The van der Waals surface area contributed by atoms with Crippen molar-refractivity contribution in [3.8, 4) is 11.4 Å². The monoisotopic (exact) mass is 299 g/mol. The Kier molecular flexibility index (Phi) is 4.13. The molecule has 0 atom stereocenters. The van der Waals surface area contributed by atoms with E-state index in [0.29, 0.717) is 12.1 Å². The van der Waals surface area contributed by atoms with Crippen LogP contribution in [0.2, 0.25) is 0 Å². The topological polar surface area (TPSA) is 94.2 Å². The van der Waals surface area contributed by atoms with Crippen molar-refractivity contribution in [2.75, 3.05) is 0 Å². The zero-order chi connectivity index (χ0) is 15.5. The average Bonchev–Trinajstić information content (AvgIpc) is 2.89. The van der Waals surface area contributed by atoms with Crippen LogP contribution in [0.5, 0.6) is 0 Å². The third-order valence-electron chi connectivity index (χ3n) is 2.52. The highest BCUT2D eigenvalue weighted by Gasteiger charge is 2.38. The van der Waals surface area contributed by atoms with E-state index in [1.807, 2.05) is 0 Å². The molecule has 0 fully saturated rings. The molecule has 0 aliphatic carbocycles. The summed E-state index contributed by atoms with van der Waals surface area (Å²) in [5.74, 6) is 4.12. The molecular formula is C12H12F3N5O. The Morgan fingerprint density at radius 3 is 2.43 bits per heavy atom. The molecule has 1 aromatic heterocycles. The Morgan fingerprint density at radius 2 is 1.90 bits per heavy atom. The number of rotatable bonds is 4. The van der Waals surface area contributed by atoms with E-state index in [1.54, 1.807) is 24.3 Å². The molecule has 2 rings (SSSR count). The molecule has 0 unspecified atom stereocenters. The first-order valence-electron chi connectivity index (χ1n) is 5.80. The lowest BCUT2D eigenvalue weighted by atomic mass is 10.1. The van der Waals surface area contributed by atoms with E-state index in [2.05, 4.69) is 14.7 Å². The van der Waals surface area contributed by atoms with Crippen molar-refractivity contribution in [2.24, 2.45) is 11.6 Å². The van der Waals surface area contributed by atoms with Crippen LogP contribution >= 0.6 is 0 Å². The predicted octanol–water partition coefficient (Wildman–Crippen LogP) is 1.86. The standard InChI is InChI=1S/C12H12F3N5O/c13-12(14,15)11-18-10(19-21-11)9-3-1-8(2-4-9)7-20(17)6-5-16/h1-6H,7,16-17H2/b6-5-. The smallest absolute Gasteiger partial charge is 0.403 e. The van der Waals surface area contributed by atoms with Gasteiger partial charge in [-0.3, -0.25) is 0 Å². The highest BCUT2D eigenvalue weighted by atomic mass is 19.4. The van der Waals surface area contributed by atoms with E-state index in [4.69, 9.17) is 11.6 Å². The summed E-state index contributed by atoms with van der Waals surface area (Å²) in [7, 11) is 0. The molecule has 9 heteroatoms. The predicted molar refractivity (Wildman–Crippen MR) is 67.8 cm³/mol. The summed E-state index contributed by atoms with van der Waals surface area (Å²) >= 11 is 0. The van der Waals surface area contributed by atoms with Gasteiger partial charge in [0.05, 0.1) is 6.54 Å². The molecule has 6 nitrogen and oxygen atoms in total. The van der Waals surface area contributed by atoms with Crippen LogP contribution in [-0.4, -0.2) is 15.1 Å². The molecule has 112 valence electrons. The molecular weight excluding hydrogens is 287 g/mol. The minimum absolute atomic E-state index is 0.125. The minimum atomic E-state index is -4.65. The summed E-state index contributed by atoms with van der Waals surface area (Å²) in [5.41, 5.74) is 6.46. The first-order valence-corrected chi connectivity index (χ1v) is 5.80. The van der Waals surface area contributed by atoms with Gasteiger partial charge >= 0.3 is 12.1 Å². The quantitative estimate of drug-likeness (QED) is 0.661. The minimum Gasteiger partial charge on any atom is -0.403 e. The molecule has 0 amide bonds. The fourth-order valence-electron chi connectivity index (χ4n) is 1.59. The zero-order valence-corrected chi connectivity index (χ0v) is 10.7. The van der Waals surface area contributed by atoms with Gasteiger partial charge in [-0.15, -0.1) is 0 Å². The number of hydrogen-bond donors (Lipinski definition) is 2. The maximum absolute atomic E-state index is 12.4. The number of nitrogens with zero attached hydrogens (tertiary/aromatic N) is 3. The van der Waals surface area contributed by atoms with Crippen molar-refractivity contribution < 1.29 is 17.7 Å². The lowest BCUT2D eigenvalue weighted by Gasteiger charge is -2.12. The summed E-state index contributed by atoms with van der Waals surface area (Å²) in [6.45, 7) is 0.397. The van der Waals surface area contributed by atoms with Crippen LogP contribution in [0.25, 0.3) is 11.4 Å². The Bertz CT molecular complexity index is 621. The van der Waals surface area contributed by atoms with Gasteiger partial charge in [-0.1, -0.05) is 29.4 Å². The van der Waals surface area contributed by atoms with Crippen LogP contribution in [-0.2, 0) is 12.7 Å². The van der Waals surface area contributed by atoms with Crippen LogP contribution in [0.4, 0.5) is 13.2 Å². The molecule has 0 spiro atoms. The number of hydrazine groups is 1. The number of halogens is 3. The highest BCUT2D eigenvalue weighted by molar-refractivity contribution is 5.54. The summed E-state index contributed by atoms with van der Waals surface area (Å²) in [5, 5.41) is 4.67. The summed E-state index contributed by atoms with van der Waals surface area (Å²) in [6.07, 6.45) is -1.87. The summed E-state index contributed by atoms with van der Waals surface area (Å²) < 4.78 is 41.3. The maximum Gasteiger partial charge on any atom is 0.471 e. The second-order valence-corrected chi connectivity index (χ2v) is 4.13. The van der Waals surface area contributed by atoms with E-state index in [0.717, 1.165) is 5.56 Å². The molecule has 4 N–H and O–H groups in total. The van der Waals surface area contributed by atoms with Crippen molar-refractivity contribution >= 4 is 0 Å². The highest BCUT2D eigenvalue weighted by Crippen LogP contribution is 2.29. The number of alkyl halides is 3. The van der Waals surface area contributed by atoms with Crippen LogP contribution in [0.3, 0.4) is 0 Å². The second kappa shape index (κ2) is 5.83. The third kappa shape index (κ3) is 3.72. The maximum atomic E-state index is 12.4. The number of benzene rings is 1. The molecule has 0 radical (unpaired) electrons. The first kappa shape index (κ1) is 14.9. The lowest BCUT2D eigenvalue weighted by molar-refractivity contribution is -0.159.